The second-order valence-corrected chi connectivity index (χ2v) is 3.57. The van der Waals surface area contributed by atoms with Crippen LogP contribution in [-0.4, -0.2) is 30.3 Å². The monoisotopic (exact) mass is 187 g/mol. The molecule has 1 rings (SSSR count). The van der Waals surface area contributed by atoms with E-state index in [1.165, 1.54) is 0 Å². The van der Waals surface area contributed by atoms with E-state index in [0.29, 0.717) is 18.9 Å². The zero-order chi connectivity index (χ0) is 9.68. The molecule has 4 heteroatoms. The standard InChI is InChI=1S/C9H17NO3/c10-8(3-4-9(11)12)7-2-1-5-13-6-7/h7-8H,1-6,10H2,(H,11,12). The summed E-state index contributed by atoms with van der Waals surface area (Å²) in [6.07, 6.45) is 2.84. The van der Waals surface area contributed by atoms with E-state index in [2.05, 4.69) is 0 Å². The first-order chi connectivity index (χ1) is 6.20. The minimum atomic E-state index is -0.771. The third kappa shape index (κ3) is 3.74. The Morgan fingerprint density at radius 3 is 3.00 bits per heavy atom. The number of carboxylic acids is 1. The zero-order valence-electron chi connectivity index (χ0n) is 7.74. The second-order valence-electron chi connectivity index (χ2n) is 3.57. The molecule has 1 aliphatic heterocycles. The molecule has 2 unspecified atom stereocenters. The van der Waals surface area contributed by atoms with Crippen LogP contribution >= 0.6 is 0 Å². The summed E-state index contributed by atoms with van der Waals surface area (Å²) in [6.45, 7) is 1.52. The van der Waals surface area contributed by atoms with Gasteiger partial charge in [-0.1, -0.05) is 0 Å². The van der Waals surface area contributed by atoms with E-state index in [9.17, 15) is 4.79 Å². The number of carboxylic acid groups (broad SMARTS) is 1. The highest BCUT2D eigenvalue weighted by molar-refractivity contribution is 5.66. The van der Waals surface area contributed by atoms with E-state index in [1.807, 2.05) is 0 Å². The van der Waals surface area contributed by atoms with Gasteiger partial charge in [0.2, 0.25) is 0 Å². The van der Waals surface area contributed by atoms with E-state index >= 15 is 0 Å². The lowest BCUT2D eigenvalue weighted by molar-refractivity contribution is -0.137. The molecule has 1 aliphatic rings. The largest absolute Gasteiger partial charge is 0.481 e. The number of hydrogen-bond donors (Lipinski definition) is 2. The summed E-state index contributed by atoms with van der Waals surface area (Å²) < 4.78 is 5.28. The van der Waals surface area contributed by atoms with Gasteiger partial charge < -0.3 is 15.6 Å². The second kappa shape index (κ2) is 5.19. The van der Waals surface area contributed by atoms with Crippen molar-refractivity contribution >= 4 is 5.97 Å². The quantitative estimate of drug-likeness (QED) is 0.676. The molecule has 0 aromatic heterocycles. The van der Waals surface area contributed by atoms with Gasteiger partial charge in [-0.25, -0.2) is 0 Å². The van der Waals surface area contributed by atoms with Gasteiger partial charge in [-0.2, -0.15) is 0 Å². The van der Waals surface area contributed by atoms with Crippen molar-refractivity contribution in [3.05, 3.63) is 0 Å². The van der Waals surface area contributed by atoms with Crippen LogP contribution in [0.2, 0.25) is 0 Å². The third-order valence-electron chi connectivity index (χ3n) is 2.49. The van der Waals surface area contributed by atoms with Crippen molar-refractivity contribution in [3.8, 4) is 0 Å². The van der Waals surface area contributed by atoms with Crippen LogP contribution in [0.1, 0.15) is 25.7 Å². The van der Waals surface area contributed by atoms with Crippen LogP contribution in [0.25, 0.3) is 0 Å². The van der Waals surface area contributed by atoms with Crippen LogP contribution in [-0.2, 0) is 9.53 Å². The molecule has 76 valence electrons. The summed E-state index contributed by atoms with van der Waals surface area (Å²) in [5.41, 5.74) is 5.85. The lowest BCUT2D eigenvalue weighted by Gasteiger charge is -2.27. The fraction of sp³-hybridized carbons (Fsp3) is 0.889. The van der Waals surface area contributed by atoms with Gasteiger partial charge >= 0.3 is 5.97 Å². The van der Waals surface area contributed by atoms with E-state index in [-0.39, 0.29) is 12.5 Å². The van der Waals surface area contributed by atoms with E-state index in [1.54, 1.807) is 0 Å². The first-order valence-corrected chi connectivity index (χ1v) is 4.75. The van der Waals surface area contributed by atoms with Crippen molar-refractivity contribution in [1.82, 2.24) is 0 Å². The molecule has 0 aliphatic carbocycles. The average molecular weight is 187 g/mol. The fourth-order valence-corrected chi connectivity index (χ4v) is 1.63. The molecule has 1 saturated heterocycles. The van der Waals surface area contributed by atoms with Crippen molar-refractivity contribution in [1.29, 1.82) is 0 Å². The van der Waals surface area contributed by atoms with Gasteiger partial charge in [0, 0.05) is 19.1 Å². The Balaban J connectivity index is 2.20. The highest BCUT2D eigenvalue weighted by Gasteiger charge is 2.21. The minimum absolute atomic E-state index is 0.0172. The van der Waals surface area contributed by atoms with E-state index < -0.39 is 5.97 Å². The highest BCUT2D eigenvalue weighted by atomic mass is 16.5. The summed E-state index contributed by atoms with van der Waals surface area (Å²) in [7, 11) is 0. The van der Waals surface area contributed by atoms with E-state index in [0.717, 1.165) is 19.4 Å². The molecule has 0 amide bonds. The first-order valence-electron chi connectivity index (χ1n) is 4.75. The molecule has 3 N–H and O–H groups in total. The minimum Gasteiger partial charge on any atom is -0.481 e. The molecule has 1 heterocycles. The number of hydrogen-bond acceptors (Lipinski definition) is 3. The Hall–Kier alpha value is -0.610. The average Bonchev–Trinajstić information content (AvgIpc) is 2.15. The van der Waals surface area contributed by atoms with Gasteiger partial charge in [-0.15, -0.1) is 0 Å². The maximum Gasteiger partial charge on any atom is 0.303 e. The van der Waals surface area contributed by atoms with Crippen LogP contribution in [0, 0.1) is 5.92 Å². The predicted molar refractivity (Wildman–Crippen MR) is 48.4 cm³/mol. The molecule has 0 spiro atoms. The summed E-state index contributed by atoms with van der Waals surface area (Å²) >= 11 is 0. The Kier molecular flexibility index (Phi) is 4.18. The Bertz CT molecular complexity index is 166. The number of nitrogens with two attached hydrogens (primary N) is 1. The third-order valence-corrected chi connectivity index (χ3v) is 2.49. The number of carbonyl (C=O) groups is 1. The van der Waals surface area contributed by atoms with Gasteiger partial charge in [-0.05, 0) is 25.2 Å². The van der Waals surface area contributed by atoms with Crippen molar-refractivity contribution in [2.75, 3.05) is 13.2 Å². The SMILES string of the molecule is NC(CCC(=O)O)C1CCCOC1. The molecule has 0 aromatic rings. The fourth-order valence-electron chi connectivity index (χ4n) is 1.63. The molecule has 2 atom stereocenters. The van der Waals surface area contributed by atoms with E-state index in [4.69, 9.17) is 15.6 Å². The summed E-state index contributed by atoms with van der Waals surface area (Å²) in [5, 5.41) is 8.47. The molecule has 1 fully saturated rings. The maximum atomic E-state index is 10.3. The zero-order valence-corrected chi connectivity index (χ0v) is 7.74. The van der Waals surface area contributed by atoms with Crippen LogP contribution in [0.4, 0.5) is 0 Å². The van der Waals surface area contributed by atoms with Crippen molar-refractivity contribution in [2.24, 2.45) is 11.7 Å². The van der Waals surface area contributed by atoms with Crippen LogP contribution in [0.15, 0.2) is 0 Å². The lowest BCUT2D eigenvalue weighted by atomic mass is 9.91. The maximum absolute atomic E-state index is 10.3. The van der Waals surface area contributed by atoms with Crippen LogP contribution < -0.4 is 5.73 Å². The number of rotatable bonds is 4. The van der Waals surface area contributed by atoms with Crippen LogP contribution in [0.3, 0.4) is 0 Å². The molecule has 0 radical (unpaired) electrons. The molecule has 0 bridgehead atoms. The van der Waals surface area contributed by atoms with Gasteiger partial charge in [0.05, 0.1) is 6.61 Å². The molecular weight excluding hydrogens is 170 g/mol. The Morgan fingerprint density at radius 1 is 1.69 bits per heavy atom. The van der Waals surface area contributed by atoms with Gasteiger partial charge in [0.1, 0.15) is 0 Å². The van der Waals surface area contributed by atoms with Gasteiger partial charge in [0.15, 0.2) is 0 Å². The molecular formula is C9H17NO3. The molecule has 4 nitrogen and oxygen atoms in total. The van der Waals surface area contributed by atoms with Crippen molar-refractivity contribution in [3.63, 3.8) is 0 Å². The number of ether oxygens (including phenoxy) is 1. The smallest absolute Gasteiger partial charge is 0.303 e. The summed E-state index contributed by atoms with van der Waals surface area (Å²) in [5.74, 6) is -0.416. The normalized spacial score (nSPS) is 25.5. The molecule has 0 saturated carbocycles. The first kappa shape index (κ1) is 10.5. The Morgan fingerprint density at radius 2 is 2.46 bits per heavy atom. The molecule has 0 aromatic carbocycles. The lowest BCUT2D eigenvalue weighted by Crippen LogP contribution is -2.36. The topological polar surface area (TPSA) is 72.6 Å². The number of aliphatic carboxylic acids is 1. The summed E-state index contributed by atoms with van der Waals surface area (Å²) in [4.78, 5) is 10.3. The summed E-state index contributed by atoms with van der Waals surface area (Å²) in [6, 6.07) is -0.0172. The van der Waals surface area contributed by atoms with Gasteiger partial charge in [0.25, 0.3) is 0 Å². The predicted octanol–water partition coefficient (Wildman–Crippen LogP) is 0.605. The highest BCUT2D eigenvalue weighted by Crippen LogP contribution is 2.18. The Labute approximate surface area is 78.1 Å². The van der Waals surface area contributed by atoms with Gasteiger partial charge in [-0.3, -0.25) is 4.79 Å². The molecule has 13 heavy (non-hydrogen) atoms. The van der Waals surface area contributed by atoms with Crippen molar-refractivity contribution in [2.45, 2.75) is 31.7 Å². The van der Waals surface area contributed by atoms with Crippen molar-refractivity contribution < 1.29 is 14.6 Å². The van der Waals surface area contributed by atoms with Crippen LogP contribution in [0.5, 0.6) is 0 Å².